The number of ether oxygens (including phenoxy) is 2. The average molecular weight is 439 g/mol. The van der Waals surface area contributed by atoms with E-state index in [9.17, 15) is 4.79 Å². The van der Waals surface area contributed by atoms with Crippen LogP contribution in [0.2, 0.25) is 0 Å². The third-order valence-electron chi connectivity index (χ3n) is 4.93. The van der Waals surface area contributed by atoms with Gasteiger partial charge in [-0.1, -0.05) is 29.8 Å². The maximum atomic E-state index is 11.7. The Morgan fingerprint density at radius 2 is 1.69 bits per heavy atom. The number of rotatable bonds is 12. The van der Waals surface area contributed by atoms with Gasteiger partial charge >= 0.3 is 0 Å². The zero-order valence-corrected chi connectivity index (χ0v) is 19.0. The molecule has 0 heterocycles. The second-order valence-corrected chi connectivity index (χ2v) is 7.87. The number of nitrogens with one attached hydrogen (secondary N) is 3. The van der Waals surface area contributed by atoms with E-state index in [0.717, 1.165) is 37.5 Å². The van der Waals surface area contributed by atoms with Crippen molar-refractivity contribution in [2.45, 2.75) is 39.2 Å². The van der Waals surface area contributed by atoms with Gasteiger partial charge in [0.25, 0.3) is 5.91 Å². The molecule has 1 aliphatic rings. The summed E-state index contributed by atoms with van der Waals surface area (Å²) in [5, 5.41) is 9.47. The minimum Gasteiger partial charge on any atom is -0.492 e. The minimum absolute atomic E-state index is 0.0568. The average Bonchev–Trinajstić information content (AvgIpc) is 3.61. The molecule has 0 spiro atoms. The van der Waals surface area contributed by atoms with Gasteiger partial charge in [-0.05, 0) is 62.9 Å². The number of carbonyl (C=O) groups excluding carboxylic acids is 1. The smallest absolute Gasteiger partial charge is 0.258 e. The van der Waals surface area contributed by atoms with Gasteiger partial charge in [0.05, 0.1) is 6.54 Å². The van der Waals surface area contributed by atoms with Crippen LogP contribution in [0.1, 0.15) is 30.9 Å². The van der Waals surface area contributed by atoms with Crippen molar-refractivity contribution in [2.24, 2.45) is 4.99 Å². The van der Waals surface area contributed by atoms with Crippen LogP contribution in [0.4, 0.5) is 0 Å². The first-order valence-corrected chi connectivity index (χ1v) is 11.3. The molecule has 0 saturated heterocycles. The van der Waals surface area contributed by atoms with Crippen molar-refractivity contribution in [2.75, 3.05) is 32.8 Å². The van der Waals surface area contributed by atoms with E-state index in [-0.39, 0.29) is 12.5 Å². The Labute approximate surface area is 190 Å². The molecule has 0 atom stereocenters. The lowest BCUT2D eigenvalue weighted by molar-refractivity contribution is -0.123. The fourth-order valence-corrected chi connectivity index (χ4v) is 3.01. The summed E-state index contributed by atoms with van der Waals surface area (Å²) in [7, 11) is 0. The maximum absolute atomic E-state index is 11.7. The monoisotopic (exact) mass is 438 g/mol. The molecule has 3 rings (SSSR count). The van der Waals surface area contributed by atoms with Crippen LogP contribution in [-0.2, 0) is 11.2 Å². The summed E-state index contributed by atoms with van der Waals surface area (Å²) < 4.78 is 11.3. The highest BCUT2D eigenvalue weighted by molar-refractivity contribution is 5.79. The molecule has 0 aliphatic heterocycles. The molecule has 0 aromatic heterocycles. The van der Waals surface area contributed by atoms with E-state index in [1.807, 2.05) is 55.5 Å². The fraction of sp³-hybridized carbons (Fsp3) is 0.440. The van der Waals surface area contributed by atoms with Gasteiger partial charge in [-0.3, -0.25) is 9.79 Å². The Balaban J connectivity index is 1.35. The van der Waals surface area contributed by atoms with E-state index in [2.05, 4.69) is 27.9 Å². The summed E-state index contributed by atoms with van der Waals surface area (Å²) >= 11 is 0. The zero-order valence-electron chi connectivity index (χ0n) is 19.0. The van der Waals surface area contributed by atoms with Gasteiger partial charge in [0, 0.05) is 19.1 Å². The lowest BCUT2D eigenvalue weighted by Crippen LogP contribution is -2.39. The molecule has 0 radical (unpaired) electrons. The quantitative estimate of drug-likeness (QED) is 0.270. The van der Waals surface area contributed by atoms with Crippen LogP contribution in [0.25, 0.3) is 0 Å². The second-order valence-electron chi connectivity index (χ2n) is 7.87. The highest BCUT2D eigenvalue weighted by atomic mass is 16.5. The van der Waals surface area contributed by atoms with Gasteiger partial charge in [-0.15, -0.1) is 0 Å². The van der Waals surface area contributed by atoms with Crippen LogP contribution in [0.3, 0.4) is 0 Å². The van der Waals surface area contributed by atoms with Crippen LogP contribution < -0.4 is 25.4 Å². The fourth-order valence-electron chi connectivity index (χ4n) is 3.01. The van der Waals surface area contributed by atoms with Crippen LogP contribution in [0, 0.1) is 6.92 Å². The first kappa shape index (κ1) is 23.4. The maximum Gasteiger partial charge on any atom is 0.258 e. The highest BCUT2D eigenvalue weighted by Gasteiger charge is 2.23. The number of hydrogen-bond donors (Lipinski definition) is 3. The molecular formula is C25H34N4O3. The molecule has 2 aromatic carbocycles. The SMILES string of the molecule is CCNC(=NCCc1ccc(OCC(=O)NC2CC2)cc1)NCCOc1ccc(C)cc1. The Morgan fingerprint density at radius 3 is 2.38 bits per heavy atom. The number of guanidine groups is 1. The predicted molar refractivity (Wildman–Crippen MR) is 127 cm³/mol. The van der Waals surface area contributed by atoms with Gasteiger partial charge in [-0.2, -0.15) is 0 Å². The molecule has 0 unspecified atom stereocenters. The summed E-state index contributed by atoms with van der Waals surface area (Å²) in [5.74, 6) is 2.29. The summed E-state index contributed by atoms with van der Waals surface area (Å²) in [6, 6.07) is 16.2. The molecule has 2 aromatic rings. The zero-order chi connectivity index (χ0) is 22.6. The van der Waals surface area contributed by atoms with Crippen LogP contribution in [0.15, 0.2) is 53.5 Å². The molecule has 1 saturated carbocycles. The van der Waals surface area contributed by atoms with Gasteiger partial charge in [0.15, 0.2) is 12.6 Å². The predicted octanol–water partition coefficient (Wildman–Crippen LogP) is 2.83. The highest BCUT2D eigenvalue weighted by Crippen LogP contribution is 2.18. The van der Waals surface area contributed by atoms with Crippen molar-refractivity contribution in [3.05, 3.63) is 59.7 Å². The Bertz CT molecular complexity index is 862. The lowest BCUT2D eigenvalue weighted by atomic mass is 10.1. The van der Waals surface area contributed by atoms with E-state index in [0.29, 0.717) is 31.5 Å². The number of aryl methyl sites for hydroxylation is 1. The number of aliphatic imine (C=N–C) groups is 1. The first-order valence-electron chi connectivity index (χ1n) is 11.3. The van der Waals surface area contributed by atoms with E-state index < -0.39 is 0 Å². The number of amides is 1. The summed E-state index contributed by atoms with van der Waals surface area (Å²) in [6.07, 6.45) is 2.98. The molecular weight excluding hydrogens is 404 g/mol. The Morgan fingerprint density at radius 1 is 1.00 bits per heavy atom. The third kappa shape index (κ3) is 8.88. The van der Waals surface area contributed by atoms with Gasteiger partial charge in [0.1, 0.15) is 18.1 Å². The van der Waals surface area contributed by atoms with Crippen molar-refractivity contribution in [1.29, 1.82) is 0 Å². The van der Waals surface area contributed by atoms with E-state index in [1.54, 1.807) is 0 Å². The molecule has 1 aliphatic carbocycles. The van der Waals surface area contributed by atoms with Gasteiger partial charge < -0.3 is 25.4 Å². The largest absolute Gasteiger partial charge is 0.492 e. The normalized spacial score (nSPS) is 13.4. The third-order valence-corrected chi connectivity index (χ3v) is 4.93. The number of hydrogen-bond acceptors (Lipinski definition) is 4. The molecule has 7 nitrogen and oxygen atoms in total. The van der Waals surface area contributed by atoms with Gasteiger partial charge in [0.2, 0.25) is 0 Å². The summed E-state index contributed by atoms with van der Waals surface area (Å²) in [5.41, 5.74) is 2.39. The lowest BCUT2D eigenvalue weighted by Gasteiger charge is -2.12. The Hall–Kier alpha value is -3.22. The Kier molecular flexibility index (Phi) is 9.22. The van der Waals surface area contributed by atoms with E-state index >= 15 is 0 Å². The van der Waals surface area contributed by atoms with Crippen molar-refractivity contribution in [3.63, 3.8) is 0 Å². The molecule has 1 fully saturated rings. The standard InChI is InChI=1S/C25H34N4O3/c1-3-26-25(28-16-17-31-22-10-4-19(2)5-11-22)27-15-14-20-6-12-23(13-7-20)32-18-24(30)29-21-8-9-21/h4-7,10-13,21H,3,8-9,14-18H2,1-2H3,(H,29,30)(H2,26,27,28). The van der Waals surface area contributed by atoms with Crippen LogP contribution in [0.5, 0.6) is 11.5 Å². The van der Waals surface area contributed by atoms with E-state index in [1.165, 1.54) is 11.1 Å². The van der Waals surface area contributed by atoms with E-state index in [4.69, 9.17) is 9.47 Å². The molecule has 1 amide bonds. The van der Waals surface area contributed by atoms with Crippen LogP contribution >= 0.6 is 0 Å². The molecule has 3 N–H and O–H groups in total. The number of nitrogens with zero attached hydrogens (tertiary/aromatic N) is 1. The topological polar surface area (TPSA) is 84.0 Å². The molecule has 0 bridgehead atoms. The van der Waals surface area contributed by atoms with Crippen molar-refractivity contribution < 1.29 is 14.3 Å². The molecule has 7 heteroatoms. The van der Waals surface area contributed by atoms with Crippen molar-refractivity contribution in [1.82, 2.24) is 16.0 Å². The molecule has 172 valence electrons. The van der Waals surface area contributed by atoms with Crippen molar-refractivity contribution in [3.8, 4) is 11.5 Å². The van der Waals surface area contributed by atoms with Crippen molar-refractivity contribution >= 4 is 11.9 Å². The number of benzene rings is 2. The second kappa shape index (κ2) is 12.6. The van der Waals surface area contributed by atoms with Crippen LogP contribution in [-0.4, -0.2) is 50.8 Å². The number of carbonyl (C=O) groups is 1. The van der Waals surface area contributed by atoms with Gasteiger partial charge in [-0.25, -0.2) is 0 Å². The molecule has 32 heavy (non-hydrogen) atoms. The summed E-state index contributed by atoms with van der Waals surface area (Å²) in [6.45, 7) is 6.86. The first-order chi connectivity index (χ1) is 15.6. The summed E-state index contributed by atoms with van der Waals surface area (Å²) in [4.78, 5) is 16.3. The minimum atomic E-state index is -0.0568.